The molecule has 0 aromatic heterocycles. The molecule has 0 unspecified atom stereocenters. The van der Waals surface area contributed by atoms with Gasteiger partial charge in [0.15, 0.2) is 31.5 Å². The summed E-state index contributed by atoms with van der Waals surface area (Å²) in [6.45, 7) is 13.2. The maximum absolute atomic E-state index is 15.3. The summed E-state index contributed by atoms with van der Waals surface area (Å²) in [5.74, 6) is -1.06. The zero-order valence-corrected chi connectivity index (χ0v) is 55.6. The molecule has 0 amide bonds. The van der Waals surface area contributed by atoms with E-state index in [1.807, 2.05) is 6.92 Å². The molecule has 0 aromatic carbocycles. The second-order valence-corrected chi connectivity index (χ2v) is 31.3. The van der Waals surface area contributed by atoms with Crippen molar-refractivity contribution in [2.45, 2.75) is 304 Å². The third-order valence-corrected chi connectivity index (χ3v) is 25.3. The molecule has 0 radical (unpaired) electrons. The molecule has 18 N–H and O–H groups in total. The molecule has 31 nitrogen and oxygen atoms in total. The lowest BCUT2D eigenvalue weighted by atomic mass is 9.33. The fraction of sp³-hybridized carbons (Fsp3) is 0.954. The van der Waals surface area contributed by atoms with Gasteiger partial charge in [0, 0.05) is 5.41 Å². The van der Waals surface area contributed by atoms with Crippen LogP contribution < -0.4 is 0 Å². The number of esters is 1. The average Bonchev–Trinajstić information content (AvgIpc) is 0.675. The molecule has 6 heterocycles. The minimum atomic E-state index is -1.92. The highest BCUT2D eigenvalue weighted by atomic mass is 16.8. The molecule has 10 fully saturated rings. The zero-order valence-electron chi connectivity index (χ0n) is 55.6. The van der Waals surface area contributed by atoms with Crippen molar-refractivity contribution < 1.29 is 154 Å². The number of hydrogen-bond donors (Lipinski definition) is 18. The van der Waals surface area contributed by atoms with E-state index in [0.29, 0.717) is 57.8 Å². The first-order chi connectivity index (χ1) is 45.1. The lowest BCUT2D eigenvalue weighted by molar-refractivity contribution is -0.383. The van der Waals surface area contributed by atoms with Gasteiger partial charge >= 0.3 is 5.97 Å². The van der Waals surface area contributed by atoms with Crippen LogP contribution in [-0.2, 0) is 61.6 Å². The van der Waals surface area contributed by atoms with Crippen molar-refractivity contribution in [2.24, 2.45) is 50.2 Å². The number of allylic oxidation sites excluding steroid dienone is 2. The van der Waals surface area contributed by atoms with Gasteiger partial charge in [0.25, 0.3) is 0 Å². The van der Waals surface area contributed by atoms with Gasteiger partial charge in [-0.25, -0.2) is 0 Å². The number of carbonyl (C=O) groups excluding carboxylic acids is 1. The van der Waals surface area contributed by atoms with Crippen LogP contribution in [0.5, 0.6) is 0 Å². The van der Waals surface area contributed by atoms with Crippen LogP contribution in [0.15, 0.2) is 11.6 Å². The Morgan fingerprint density at radius 2 is 1.05 bits per heavy atom. The van der Waals surface area contributed by atoms with E-state index < -0.39 is 232 Å². The molecular formula is C65H106O31. The Kier molecular flexibility index (Phi) is 22.1. The van der Waals surface area contributed by atoms with Crippen LogP contribution in [0.4, 0.5) is 0 Å². The van der Waals surface area contributed by atoms with E-state index in [4.69, 9.17) is 56.8 Å². The number of fused-ring (bicyclic) bond motifs is 7. The largest absolute Gasteiger partial charge is 0.432 e. The summed E-state index contributed by atoms with van der Waals surface area (Å²) in [5, 5.41) is 196. The molecule has 11 rings (SSSR count). The molecule has 0 spiro atoms. The van der Waals surface area contributed by atoms with Crippen LogP contribution in [0.25, 0.3) is 0 Å². The van der Waals surface area contributed by atoms with Crippen molar-refractivity contribution in [1.29, 1.82) is 0 Å². The lowest BCUT2D eigenvalue weighted by Crippen LogP contribution is -2.67. The molecule has 0 bridgehead atoms. The van der Waals surface area contributed by atoms with Gasteiger partial charge in [-0.3, -0.25) is 4.79 Å². The third kappa shape index (κ3) is 12.8. The Balaban J connectivity index is 0.770. The van der Waals surface area contributed by atoms with E-state index in [2.05, 4.69) is 40.7 Å². The van der Waals surface area contributed by atoms with Gasteiger partial charge in [-0.05, 0) is 117 Å². The minimum Gasteiger partial charge on any atom is -0.432 e. The molecule has 38 atom stereocenters. The molecule has 6 aliphatic heterocycles. The highest BCUT2D eigenvalue weighted by Gasteiger charge is 2.71. The van der Waals surface area contributed by atoms with Gasteiger partial charge in [0.2, 0.25) is 6.29 Å². The average molecular weight is 1380 g/mol. The molecule has 6 saturated heterocycles. The summed E-state index contributed by atoms with van der Waals surface area (Å²) in [4.78, 5) is 15.3. The fourth-order valence-corrected chi connectivity index (χ4v) is 19.0. The topological polar surface area (TPSA) is 492 Å². The third-order valence-electron chi connectivity index (χ3n) is 25.3. The quantitative estimate of drug-likeness (QED) is 0.0392. The van der Waals surface area contributed by atoms with Crippen molar-refractivity contribution in [2.75, 3.05) is 33.0 Å². The first-order valence-corrected chi connectivity index (χ1v) is 34.1. The van der Waals surface area contributed by atoms with Crippen LogP contribution in [0.3, 0.4) is 0 Å². The summed E-state index contributed by atoms with van der Waals surface area (Å²) in [6.07, 6.45) is -40.3. The summed E-state index contributed by atoms with van der Waals surface area (Å²) < 4.78 is 71.4. The van der Waals surface area contributed by atoms with Crippen molar-refractivity contribution in [3.8, 4) is 0 Å². The second kappa shape index (κ2) is 28.3. The normalized spacial score (nSPS) is 55.1. The first kappa shape index (κ1) is 75.2. The molecule has 5 aliphatic carbocycles. The van der Waals surface area contributed by atoms with Crippen molar-refractivity contribution in [1.82, 2.24) is 0 Å². The molecular weight excluding hydrogens is 1280 g/mol. The van der Waals surface area contributed by atoms with Crippen molar-refractivity contribution >= 4 is 5.97 Å². The summed E-state index contributed by atoms with van der Waals surface area (Å²) in [7, 11) is 0. The Bertz CT molecular complexity index is 2690. The van der Waals surface area contributed by atoms with Gasteiger partial charge in [0.05, 0.1) is 56.8 Å². The number of hydrogen-bond acceptors (Lipinski definition) is 31. The van der Waals surface area contributed by atoms with E-state index in [1.54, 1.807) is 0 Å². The van der Waals surface area contributed by atoms with Gasteiger partial charge in [0.1, 0.15) is 128 Å². The Hall–Kier alpha value is -1.95. The SMILES string of the molecule is C[C@@H]1O[C@@H](O[C@H]2[C@H](O)[C@@H](O)[C@H](OC[C@H]3O[C@@H](OC(=O)[C@]45CCC(C)(C)C[C@H]4C4=CC[C@@H]6[C@@]7(C)CC[C@H](O[C@@H]8OC[C@H](O)[C@H](O)[C@H]8O[C@@H]8O[C@@H](C)[C@H](O)[C@@H](O[C@@H]9O[C@H](CO)[C@@H](O)[C@H](O)[C@H]9O)[C@H]8O)[C@@](C)(CO)[C@@H]7CC[C@@]6(C)[C@]4(C)CC5)[C@H](O)[C@@H](O)[C@@H]3O)O[C@@H]2CO)[C@H](O)[C@H](O)[C@H]1O. The number of carbonyl (C=O) groups is 1. The number of ether oxygens (including phenoxy) is 12. The molecule has 0 aromatic rings. The summed E-state index contributed by atoms with van der Waals surface area (Å²) >= 11 is 0. The van der Waals surface area contributed by atoms with E-state index in [1.165, 1.54) is 13.8 Å². The van der Waals surface area contributed by atoms with Crippen LogP contribution >= 0.6 is 0 Å². The van der Waals surface area contributed by atoms with Crippen LogP contribution in [0, 0.1) is 50.2 Å². The standard InChI is InChI=1S/C65H106O31/c1-25-36(70)41(75)45(79)54(87-25)93-50-31(21-67)90-53(48(82)44(50)78)86-23-32-40(74)43(77)47(81)56(91-32)96-59(84)65-17-15-60(3,4)19-28(65)27-9-10-34-61(5)13-12-35(62(6,24-68)33(61)11-14-64(34,8)63(27,7)16-18-65)92-58-52(38(72)29(69)22-85-58)95-57-49(83)51(37(71)26(2)88-57)94-55-46(80)42(76)39(73)30(20-66)89-55/h9,25-26,28-58,66-83H,10-24H2,1-8H3/t25-,26-,28-,29-,30+,31+,32+,33+,34+,35-,36-,37-,38-,39+,40+,41+,42-,43-,44+,45+,46+,47+,48+,49+,50+,51+,52+,53+,54-,55-,56-,57-,58-,61-,62-,63+,64+,65-/m0/s1. The van der Waals surface area contributed by atoms with E-state index >= 15 is 4.79 Å². The predicted molar refractivity (Wildman–Crippen MR) is 321 cm³/mol. The summed E-state index contributed by atoms with van der Waals surface area (Å²) in [5.41, 5.74) is -2.31. The summed E-state index contributed by atoms with van der Waals surface area (Å²) in [6, 6.07) is 0. The van der Waals surface area contributed by atoms with Crippen molar-refractivity contribution in [3.05, 3.63) is 11.6 Å². The lowest BCUT2D eigenvalue weighted by Gasteiger charge is -2.71. The fourth-order valence-electron chi connectivity index (χ4n) is 19.0. The van der Waals surface area contributed by atoms with E-state index in [9.17, 15) is 91.9 Å². The zero-order chi connectivity index (χ0) is 70.0. The molecule has 96 heavy (non-hydrogen) atoms. The Labute approximate surface area is 556 Å². The smallest absolute Gasteiger partial charge is 0.315 e. The Morgan fingerprint density at radius 3 is 1.71 bits per heavy atom. The van der Waals surface area contributed by atoms with E-state index in [-0.39, 0.29) is 41.8 Å². The maximum atomic E-state index is 15.3. The highest BCUT2D eigenvalue weighted by molar-refractivity contribution is 5.79. The molecule has 11 aliphatic rings. The van der Waals surface area contributed by atoms with Gasteiger partial charge in [-0.2, -0.15) is 0 Å². The van der Waals surface area contributed by atoms with Gasteiger partial charge in [-0.1, -0.05) is 53.2 Å². The van der Waals surface area contributed by atoms with Crippen LogP contribution in [-0.4, -0.2) is 315 Å². The monoisotopic (exact) mass is 1380 g/mol. The van der Waals surface area contributed by atoms with Crippen LogP contribution in [0.1, 0.15) is 120 Å². The second-order valence-electron chi connectivity index (χ2n) is 31.3. The van der Waals surface area contributed by atoms with Crippen LogP contribution in [0.2, 0.25) is 0 Å². The molecule has 31 heteroatoms. The molecule has 552 valence electrons. The predicted octanol–water partition coefficient (Wildman–Crippen LogP) is -4.72. The number of aliphatic hydroxyl groups excluding tert-OH is 18. The number of aliphatic hydroxyl groups is 18. The van der Waals surface area contributed by atoms with Crippen molar-refractivity contribution in [3.63, 3.8) is 0 Å². The molecule has 4 saturated carbocycles. The maximum Gasteiger partial charge on any atom is 0.315 e. The van der Waals surface area contributed by atoms with Gasteiger partial charge in [-0.15, -0.1) is 0 Å². The first-order valence-electron chi connectivity index (χ1n) is 34.1. The number of rotatable bonds is 16. The van der Waals surface area contributed by atoms with E-state index in [0.717, 1.165) is 12.0 Å². The Morgan fingerprint density at radius 1 is 0.500 bits per heavy atom. The minimum absolute atomic E-state index is 0.0604. The highest BCUT2D eigenvalue weighted by Crippen LogP contribution is 2.76. The van der Waals surface area contributed by atoms with Gasteiger partial charge < -0.3 is 149 Å².